The largest absolute Gasteiger partial charge is 0.292 e. The van der Waals surface area contributed by atoms with Crippen LogP contribution in [0.4, 0.5) is 0 Å². The minimum absolute atomic E-state index is 0.0809. The molecule has 27 heavy (non-hydrogen) atoms. The number of aliphatic imine (C=N–C) groups is 2. The molecule has 0 aliphatic rings. The van der Waals surface area contributed by atoms with E-state index in [1.165, 1.54) is 0 Å². The van der Waals surface area contributed by atoms with Crippen molar-refractivity contribution in [2.24, 2.45) is 9.98 Å². The number of rotatable bonds is 3. The average molecular weight is 451 g/mol. The van der Waals surface area contributed by atoms with Gasteiger partial charge in [0.05, 0.1) is 27.2 Å². The summed E-state index contributed by atoms with van der Waals surface area (Å²) in [5.74, 6) is 0. The Bertz CT molecular complexity index is 420. The Kier molecular flexibility index (Phi) is 14.3. The molecular weight excluding hydrogens is 400 g/mol. The lowest BCUT2D eigenvalue weighted by molar-refractivity contribution is 0.585. The van der Waals surface area contributed by atoms with Crippen LogP contribution in [0.1, 0.15) is 48.5 Å². The van der Waals surface area contributed by atoms with Crippen molar-refractivity contribution < 1.29 is 0 Å². The lowest BCUT2D eigenvalue weighted by atomic mass is 10.1. The summed E-state index contributed by atoms with van der Waals surface area (Å²) in [7, 11) is -3.36. The molecule has 0 aromatic carbocycles. The van der Waals surface area contributed by atoms with E-state index in [2.05, 4.69) is 112 Å². The van der Waals surface area contributed by atoms with Crippen LogP contribution in [0.15, 0.2) is 9.98 Å². The quantitative estimate of drug-likeness (QED) is 0.234. The van der Waals surface area contributed by atoms with Gasteiger partial charge in [-0.1, -0.05) is 58.9 Å². The molecule has 0 aromatic rings. The normalized spacial score (nSPS) is 14.1. The average Bonchev–Trinajstić information content (AvgIpc) is 2.19. The lowest BCUT2D eigenvalue weighted by Crippen LogP contribution is -2.45. The molecule has 164 valence electrons. The van der Waals surface area contributed by atoms with Crippen LogP contribution in [-0.4, -0.2) is 47.0 Å². The van der Waals surface area contributed by atoms with Gasteiger partial charge in [-0.3, -0.25) is 9.98 Å². The molecule has 0 bridgehead atoms. The second kappa shape index (κ2) is 12.1. The van der Waals surface area contributed by atoms with E-state index in [0.29, 0.717) is 0 Å². The minimum atomic E-state index is -1.14. The first kappa shape index (κ1) is 32.0. The first-order valence-corrected chi connectivity index (χ1v) is 21.8. The van der Waals surface area contributed by atoms with Gasteiger partial charge in [0.25, 0.3) is 0 Å². The van der Waals surface area contributed by atoms with Crippen LogP contribution in [0, 0.1) is 0 Å². The van der Waals surface area contributed by atoms with Crippen molar-refractivity contribution in [3.63, 3.8) is 0 Å². The first-order chi connectivity index (χ1) is 11.4. The summed E-state index contributed by atoms with van der Waals surface area (Å²) < 4.78 is 0. The summed E-state index contributed by atoms with van der Waals surface area (Å²) in [5.41, 5.74) is 0.201. The third-order valence-corrected chi connectivity index (χ3v) is 12.2. The molecule has 0 rings (SSSR count). The Morgan fingerprint density at radius 1 is 0.667 bits per heavy atom. The van der Waals surface area contributed by atoms with Crippen LogP contribution in [-0.2, 0) is 0 Å². The highest BCUT2D eigenvalue weighted by atomic mass is 35.6. The smallest absolute Gasteiger partial charge is 0.147 e. The van der Waals surface area contributed by atoms with Gasteiger partial charge in [0.1, 0.15) is 7.38 Å². The standard InChI is InChI=1S/C12H29NSi2.C6H13N.C3H9ClSi/c1-12(2,3)13-10-11(14(4,5)6)15(7,8)9;1-5-7-6(2,3)4;1-5(2,3)4/h10-11H,1-9H3;5H,1-4H3;1-3H3. The van der Waals surface area contributed by atoms with E-state index in [1.807, 2.05) is 13.1 Å². The molecule has 0 amide bonds. The molecule has 6 heteroatoms. The second-order valence-electron chi connectivity index (χ2n) is 12.3. The van der Waals surface area contributed by atoms with Crippen LogP contribution in [0.3, 0.4) is 0 Å². The Morgan fingerprint density at radius 3 is 1.04 bits per heavy atom. The molecule has 0 heterocycles. The van der Waals surface area contributed by atoms with E-state index < -0.39 is 23.5 Å². The Labute approximate surface area is 180 Å². The molecule has 0 spiro atoms. The number of hydrogen-bond acceptors (Lipinski definition) is 2. The maximum Gasteiger partial charge on any atom is 0.147 e. The zero-order valence-electron chi connectivity index (χ0n) is 21.5. The highest BCUT2D eigenvalue weighted by molar-refractivity contribution is 7.18. The summed E-state index contributed by atoms with van der Waals surface area (Å²) >= 11 is 5.67. The van der Waals surface area contributed by atoms with Crippen molar-refractivity contribution in [3.8, 4) is 0 Å². The fourth-order valence-electron chi connectivity index (χ4n) is 2.43. The Balaban J connectivity index is -0.000000396. The van der Waals surface area contributed by atoms with Gasteiger partial charge in [-0.15, -0.1) is 0 Å². The summed E-state index contributed by atoms with van der Waals surface area (Å²) in [5, 5.41) is 0.782. The molecule has 0 unspecified atom stereocenters. The van der Waals surface area contributed by atoms with Gasteiger partial charge in [0, 0.05) is 0 Å². The number of nitrogens with zero attached hydrogens (tertiary/aromatic N) is 2. The molecule has 0 saturated carbocycles. The molecule has 0 atom stereocenters. The van der Waals surface area contributed by atoms with Crippen molar-refractivity contribution in [1.29, 1.82) is 0 Å². The van der Waals surface area contributed by atoms with Crippen molar-refractivity contribution in [2.45, 2.75) is 124 Å². The van der Waals surface area contributed by atoms with E-state index >= 15 is 0 Å². The van der Waals surface area contributed by atoms with Gasteiger partial charge in [-0.2, -0.15) is 11.1 Å². The highest BCUT2D eigenvalue weighted by Crippen LogP contribution is 2.30. The predicted molar refractivity (Wildman–Crippen MR) is 142 cm³/mol. The molecule has 0 aromatic heterocycles. The zero-order chi connectivity index (χ0) is 22.9. The lowest BCUT2D eigenvalue weighted by Gasteiger charge is -2.36. The first-order valence-electron chi connectivity index (χ1n) is 10.1. The summed E-state index contributed by atoms with van der Waals surface area (Å²) in [6, 6.07) is 0. The van der Waals surface area contributed by atoms with Gasteiger partial charge in [0.15, 0.2) is 0 Å². The van der Waals surface area contributed by atoms with Crippen molar-refractivity contribution >= 4 is 47.0 Å². The van der Waals surface area contributed by atoms with Crippen LogP contribution >= 0.6 is 11.1 Å². The van der Waals surface area contributed by atoms with Gasteiger partial charge in [-0.25, -0.2) is 0 Å². The summed E-state index contributed by atoms with van der Waals surface area (Å²) in [4.78, 5) is 8.87. The van der Waals surface area contributed by atoms with E-state index in [1.54, 1.807) is 0 Å². The van der Waals surface area contributed by atoms with Crippen LogP contribution in [0.2, 0.25) is 64.1 Å². The van der Waals surface area contributed by atoms with E-state index in [9.17, 15) is 0 Å². The topological polar surface area (TPSA) is 24.7 Å². The number of hydrogen-bond donors (Lipinski definition) is 0. The zero-order valence-corrected chi connectivity index (χ0v) is 25.3. The fraction of sp³-hybridized carbons (Fsp3) is 0.905. The SMILES string of the molecule is CC(C)(C)N=CC([Si](C)(C)C)[Si](C)(C)C.CC=NC(C)(C)C.C[Si](C)(C)Cl. The molecule has 0 radical (unpaired) electrons. The van der Waals surface area contributed by atoms with Crippen molar-refractivity contribution in [3.05, 3.63) is 0 Å². The minimum Gasteiger partial charge on any atom is -0.292 e. The Morgan fingerprint density at radius 2 is 0.926 bits per heavy atom. The maximum absolute atomic E-state index is 5.67. The Hall–Kier alpha value is 0.281. The molecular formula is C21H51ClN2Si3. The molecule has 0 aliphatic carbocycles. The third kappa shape index (κ3) is 31.2. The number of halogens is 1. The molecule has 0 N–H and O–H groups in total. The summed E-state index contributed by atoms with van der Waals surface area (Å²) in [6.45, 7) is 35.7. The molecule has 0 saturated heterocycles. The fourth-order valence-corrected chi connectivity index (χ4v) is 13.9. The second-order valence-corrected chi connectivity index (χ2v) is 31.1. The van der Waals surface area contributed by atoms with E-state index in [0.717, 1.165) is 5.16 Å². The van der Waals surface area contributed by atoms with Crippen LogP contribution in [0.25, 0.3) is 0 Å². The van der Waals surface area contributed by atoms with Crippen molar-refractivity contribution in [2.75, 3.05) is 0 Å². The monoisotopic (exact) mass is 450 g/mol. The van der Waals surface area contributed by atoms with Gasteiger partial charge in [-0.05, 0) is 66.1 Å². The third-order valence-electron chi connectivity index (χ3n) is 2.99. The molecule has 0 fully saturated rings. The molecule has 2 nitrogen and oxygen atoms in total. The van der Waals surface area contributed by atoms with Crippen LogP contribution < -0.4 is 0 Å². The van der Waals surface area contributed by atoms with Gasteiger partial charge in [0.2, 0.25) is 0 Å². The maximum atomic E-state index is 5.67. The predicted octanol–water partition coefficient (Wildman–Crippen LogP) is 8.38. The molecule has 0 aliphatic heterocycles. The van der Waals surface area contributed by atoms with Crippen molar-refractivity contribution in [1.82, 2.24) is 0 Å². The van der Waals surface area contributed by atoms with E-state index in [4.69, 9.17) is 16.1 Å². The summed E-state index contributed by atoms with van der Waals surface area (Å²) in [6.07, 6.45) is 4.12. The highest BCUT2D eigenvalue weighted by Gasteiger charge is 2.36. The van der Waals surface area contributed by atoms with E-state index in [-0.39, 0.29) is 11.1 Å². The van der Waals surface area contributed by atoms with Gasteiger partial charge >= 0.3 is 0 Å². The van der Waals surface area contributed by atoms with Gasteiger partial charge < -0.3 is 0 Å². The van der Waals surface area contributed by atoms with Crippen LogP contribution in [0.5, 0.6) is 0 Å².